The number of nitrogens with two attached hydrogens (primary N) is 1. The number of benzene rings is 1. The van der Waals surface area contributed by atoms with Gasteiger partial charge in [-0.3, -0.25) is 9.69 Å². The van der Waals surface area contributed by atoms with E-state index < -0.39 is 0 Å². The van der Waals surface area contributed by atoms with Gasteiger partial charge in [0.2, 0.25) is 5.91 Å². The first-order valence-electron chi connectivity index (χ1n) is 6.68. The van der Waals surface area contributed by atoms with Gasteiger partial charge < -0.3 is 11.1 Å². The van der Waals surface area contributed by atoms with Gasteiger partial charge in [-0.2, -0.15) is 0 Å². The molecule has 4 nitrogen and oxygen atoms in total. The van der Waals surface area contributed by atoms with Crippen molar-refractivity contribution in [1.29, 1.82) is 0 Å². The summed E-state index contributed by atoms with van der Waals surface area (Å²) in [5.74, 6) is 0.0452. The van der Waals surface area contributed by atoms with E-state index in [0.717, 1.165) is 17.8 Å². The lowest BCUT2D eigenvalue weighted by Gasteiger charge is -2.25. The van der Waals surface area contributed by atoms with Crippen molar-refractivity contribution < 1.29 is 4.79 Å². The van der Waals surface area contributed by atoms with Gasteiger partial charge in [0.05, 0.1) is 6.54 Å². The summed E-state index contributed by atoms with van der Waals surface area (Å²) in [7, 11) is 0. The van der Waals surface area contributed by atoms with E-state index in [2.05, 4.69) is 10.2 Å². The average Bonchev–Trinajstić information content (AvgIpc) is 2.28. The summed E-state index contributed by atoms with van der Waals surface area (Å²) in [6.45, 7) is 9.89. The van der Waals surface area contributed by atoms with Gasteiger partial charge in [0.25, 0.3) is 0 Å². The molecule has 0 saturated carbocycles. The summed E-state index contributed by atoms with van der Waals surface area (Å²) in [5, 5.41) is 2.97. The SMILES string of the molecule is CCN(CC(=O)NC(C)(C)C)Cc1ccccc1N. The van der Waals surface area contributed by atoms with Gasteiger partial charge in [0.15, 0.2) is 0 Å². The Labute approximate surface area is 116 Å². The molecule has 0 spiro atoms. The van der Waals surface area contributed by atoms with Gasteiger partial charge in [0, 0.05) is 17.8 Å². The number of likely N-dealkylation sites (N-methyl/N-ethyl adjacent to an activating group) is 1. The Kier molecular flexibility index (Phi) is 5.36. The van der Waals surface area contributed by atoms with Crippen LogP contribution >= 0.6 is 0 Å². The third-order valence-electron chi connectivity index (χ3n) is 2.78. The summed E-state index contributed by atoms with van der Waals surface area (Å²) in [6.07, 6.45) is 0. The highest BCUT2D eigenvalue weighted by Crippen LogP contribution is 2.13. The molecule has 1 rings (SSSR count). The molecule has 0 atom stereocenters. The van der Waals surface area contributed by atoms with Gasteiger partial charge >= 0.3 is 0 Å². The Bertz CT molecular complexity index is 424. The fourth-order valence-corrected chi connectivity index (χ4v) is 1.86. The van der Waals surface area contributed by atoms with Crippen molar-refractivity contribution in [3.8, 4) is 0 Å². The lowest BCUT2D eigenvalue weighted by atomic mass is 10.1. The lowest BCUT2D eigenvalue weighted by molar-refractivity contribution is -0.123. The Hall–Kier alpha value is -1.55. The van der Waals surface area contributed by atoms with Crippen LogP contribution in [0.1, 0.15) is 33.3 Å². The van der Waals surface area contributed by atoms with Crippen LogP contribution in [0.15, 0.2) is 24.3 Å². The number of para-hydroxylation sites is 1. The molecule has 0 heterocycles. The van der Waals surface area contributed by atoms with E-state index in [4.69, 9.17) is 5.73 Å². The molecule has 0 saturated heterocycles. The molecule has 4 heteroatoms. The fraction of sp³-hybridized carbons (Fsp3) is 0.533. The zero-order valence-electron chi connectivity index (χ0n) is 12.4. The first kappa shape index (κ1) is 15.5. The van der Waals surface area contributed by atoms with Crippen LogP contribution in [0.2, 0.25) is 0 Å². The Morgan fingerprint density at radius 2 is 1.95 bits per heavy atom. The molecule has 0 bridgehead atoms. The predicted octanol–water partition coefficient (Wildman–Crippen LogP) is 2.01. The smallest absolute Gasteiger partial charge is 0.234 e. The average molecular weight is 263 g/mol. The third-order valence-corrected chi connectivity index (χ3v) is 2.78. The number of nitrogen functional groups attached to an aromatic ring is 1. The van der Waals surface area contributed by atoms with Crippen molar-refractivity contribution in [2.75, 3.05) is 18.8 Å². The van der Waals surface area contributed by atoms with E-state index in [-0.39, 0.29) is 11.4 Å². The molecule has 0 aliphatic rings. The van der Waals surface area contributed by atoms with E-state index in [1.165, 1.54) is 0 Å². The van der Waals surface area contributed by atoms with Crippen LogP contribution in [0, 0.1) is 0 Å². The van der Waals surface area contributed by atoms with Gasteiger partial charge in [-0.05, 0) is 38.9 Å². The van der Waals surface area contributed by atoms with E-state index in [0.29, 0.717) is 13.1 Å². The van der Waals surface area contributed by atoms with Crippen LogP contribution in [0.4, 0.5) is 5.69 Å². The molecule has 0 unspecified atom stereocenters. The largest absolute Gasteiger partial charge is 0.398 e. The maximum absolute atomic E-state index is 11.9. The van der Waals surface area contributed by atoms with Gasteiger partial charge in [-0.25, -0.2) is 0 Å². The molecule has 1 amide bonds. The van der Waals surface area contributed by atoms with Crippen LogP contribution < -0.4 is 11.1 Å². The molecule has 0 aliphatic carbocycles. The number of amides is 1. The van der Waals surface area contributed by atoms with Gasteiger partial charge in [-0.15, -0.1) is 0 Å². The zero-order valence-corrected chi connectivity index (χ0v) is 12.4. The van der Waals surface area contributed by atoms with E-state index in [1.54, 1.807) is 0 Å². The highest BCUT2D eigenvalue weighted by molar-refractivity contribution is 5.78. The molecule has 19 heavy (non-hydrogen) atoms. The lowest BCUT2D eigenvalue weighted by Crippen LogP contribution is -2.45. The molecule has 0 radical (unpaired) electrons. The number of hydrogen-bond donors (Lipinski definition) is 2. The maximum Gasteiger partial charge on any atom is 0.234 e. The minimum atomic E-state index is -0.192. The molecule has 106 valence electrons. The second-order valence-electron chi connectivity index (χ2n) is 5.80. The molecule has 0 aromatic heterocycles. The number of carbonyl (C=O) groups is 1. The molecule has 1 aromatic rings. The number of carbonyl (C=O) groups excluding carboxylic acids is 1. The molecule has 3 N–H and O–H groups in total. The Morgan fingerprint density at radius 3 is 2.47 bits per heavy atom. The van der Waals surface area contributed by atoms with Crippen molar-refractivity contribution in [2.24, 2.45) is 0 Å². The van der Waals surface area contributed by atoms with Crippen molar-refractivity contribution in [3.05, 3.63) is 29.8 Å². The summed E-state index contributed by atoms with van der Waals surface area (Å²) in [6, 6.07) is 7.77. The maximum atomic E-state index is 11.9. The second-order valence-corrected chi connectivity index (χ2v) is 5.80. The quantitative estimate of drug-likeness (QED) is 0.799. The van der Waals surface area contributed by atoms with E-state index in [9.17, 15) is 4.79 Å². The van der Waals surface area contributed by atoms with Crippen LogP contribution in [0.5, 0.6) is 0 Å². The normalized spacial score (nSPS) is 11.6. The van der Waals surface area contributed by atoms with Crippen LogP contribution in [0.25, 0.3) is 0 Å². The van der Waals surface area contributed by atoms with E-state index >= 15 is 0 Å². The minimum absolute atomic E-state index is 0.0452. The second kappa shape index (κ2) is 6.57. The highest BCUT2D eigenvalue weighted by Gasteiger charge is 2.16. The number of rotatable bonds is 5. The number of anilines is 1. The van der Waals surface area contributed by atoms with Crippen molar-refractivity contribution >= 4 is 11.6 Å². The number of hydrogen-bond acceptors (Lipinski definition) is 3. The first-order valence-corrected chi connectivity index (χ1v) is 6.68. The summed E-state index contributed by atoms with van der Waals surface area (Å²) < 4.78 is 0. The fourth-order valence-electron chi connectivity index (χ4n) is 1.86. The van der Waals surface area contributed by atoms with Crippen LogP contribution in [-0.2, 0) is 11.3 Å². The molecule has 1 aromatic carbocycles. The van der Waals surface area contributed by atoms with Gasteiger partial charge in [-0.1, -0.05) is 25.1 Å². The standard InChI is InChI=1S/C15H25N3O/c1-5-18(11-14(19)17-15(2,3)4)10-12-8-6-7-9-13(12)16/h6-9H,5,10-11,16H2,1-4H3,(H,17,19). The Balaban J connectivity index is 2.60. The molecule has 0 aliphatic heterocycles. The third kappa shape index (κ3) is 5.75. The molecular weight excluding hydrogens is 238 g/mol. The summed E-state index contributed by atoms with van der Waals surface area (Å²) in [4.78, 5) is 14.0. The van der Waals surface area contributed by atoms with E-state index in [1.807, 2.05) is 52.0 Å². The van der Waals surface area contributed by atoms with Gasteiger partial charge in [0.1, 0.15) is 0 Å². The highest BCUT2D eigenvalue weighted by atomic mass is 16.2. The summed E-state index contributed by atoms with van der Waals surface area (Å²) >= 11 is 0. The number of nitrogens with zero attached hydrogens (tertiary/aromatic N) is 1. The van der Waals surface area contributed by atoms with Crippen molar-refractivity contribution in [2.45, 2.75) is 39.8 Å². The topological polar surface area (TPSA) is 58.4 Å². The monoisotopic (exact) mass is 263 g/mol. The van der Waals surface area contributed by atoms with Crippen LogP contribution in [-0.4, -0.2) is 29.4 Å². The zero-order chi connectivity index (χ0) is 14.5. The predicted molar refractivity (Wildman–Crippen MR) is 79.7 cm³/mol. The Morgan fingerprint density at radius 1 is 1.32 bits per heavy atom. The van der Waals surface area contributed by atoms with Crippen LogP contribution in [0.3, 0.4) is 0 Å². The minimum Gasteiger partial charge on any atom is -0.398 e. The molecular formula is C15H25N3O. The molecule has 0 fully saturated rings. The number of nitrogens with one attached hydrogen (secondary N) is 1. The van der Waals surface area contributed by atoms with Crippen molar-refractivity contribution in [1.82, 2.24) is 10.2 Å². The summed E-state index contributed by atoms with van der Waals surface area (Å²) in [5.41, 5.74) is 7.57. The first-order chi connectivity index (χ1) is 8.81. The van der Waals surface area contributed by atoms with Crippen molar-refractivity contribution in [3.63, 3.8) is 0 Å².